The van der Waals surface area contributed by atoms with Crippen LogP contribution in [0, 0.1) is 0 Å². The molecular weight excluding hydrogens is 337 g/mol. The summed E-state index contributed by atoms with van der Waals surface area (Å²) >= 11 is 11.8. The third-order valence-corrected chi connectivity index (χ3v) is 3.92. The summed E-state index contributed by atoms with van der Waals surface area (Å²) in [4.78, 5) is 16.2. The maximum Gasteiger partial charge on any atom is 0.363 e. The fourth-order valence-corrected chi connectivity index (χ4v) is 2.35. The maximum absolute atomic E-state index is 12.0. The molecule has 2 aromatic carbocycles. The van der Waals surface area contributed by atoms with Gasteiger partial charge in [0.15, 0.2) is 5.70 Å². The fourth-order valence-electron chi connectivity index (χ4n) is 2.05. The Hall–Kier alpha value is -2.30. The molecule has 0 saturated carbocycles. The smallest absolute Gasteiger partial charge is 0.363 e. The van der Waals surface area contributed by atoms with Crippen LogP contribution < -0.4 is 4.74 Å². The maximum atomic E-state index is 12.0. The van der Waals surface area contributed by atoms with E-state index in [-0.39, 0.29) is 11.6 Å². The molecule has 1 heterocycles. The Bertz CT molecular complexity index is 843. The van der Waals surface area contributed by atoms with Crippen molar-refractivity contribution in [1.82, 2.24) is 0 Å². The number of rotatable bonds is 3. The molecule has 0 spiro atoms. The van der Waals surface area contributed by atoms with Gasteiger partial charge in [0.25, 0.3) is 0 Å². The molecule has 0 N–H and O–H groups in total. The van der Waals surface area contributed by atoms with E-state index in [0.29, 0.717) is 21.4 Å². The zero-order valence-electron chi connectivity index (χ0n) is 12.0. The molecule has 0 saturated heterocycles. The molecule has 0 aliphatic carbocycles. The molecule has 0 fully saturated rings. The lowest BCUT2D eigenvalue weighted by atomic mass is 10.2. The van der Waals surface area contributed by atoms with Gasteiger partial charge < -0.3 is 9.47 Å². The zero-order valence-corrected chi connectivity index (χ0v) is 13.6. The minimum absolute atomic E-state index is 0.197. The molecule has 1 aliphatic heterocycles. The van der Waals surface area contributed by atoms with Crippen LogP contribution in [0.15, 0.2) is 53.2 Å². The molecule has 4 nitrogen and oxygen atoms in total. The van der Waals surface area contributed by atoms with E-state index in [0.717, 1.165) is 5.56 Å². The van der Waals surface area contributed by atoms with Crippen LogP contribution in [0.1, 0.15) is 11.1 Å². The lowest BCUT2D eigenvalue weighted by molar-refractivity contribution is -0.129. The molecule has 0 unspecified atom stereocenters. The Morgan fingerprint density at radius 2 is 1.96 bits per heavy atom. The predicted octanol–water partition coefficient (Wildman–Crippen LogP) is 4.35. The van der Waals surface area contributed by atoms with Gasteiger partial charge in [-0.15, -0.1) is 0 Å². The van der Waals surface area contributed by atoms with Gasteiger partial charge in [-0.25, -0.2) is 9.79 Å². The van der Waals surface area contributed by atoms with E-state index in [9.17, 15) is 4.79 Å². The van der Waals surface area contributed by atoms with Crippen molar-refractivity contribution in [3.8, 4) is 5.75 Å². The van der Waals surface area contributed by atoms with E-state index in [1.807, 2.05) is 18.2 Å². The standard InChI is InChI=1S/C17H11Cl2NO3/c1-22-12-4-2-3-10(7-12)8-15-17(21)23-16(20-15)11-5-6-13(18)14(19)9-11/h2-9H,1H3/b15-8-. The number of methoxy groups -OCH3 is 1. The first-order chi connectivity index (χ1) is 11.1. The van der Waals surface area contributed by atoms with Crippen molar-refractivity contribution in [2.24, 2.45) is 4.99 Å². The highest BCUT2D eigenvalue weighted by atomic mass is 35.5. The van der Waals surface area contributed by atoms with Crippen LogP contribution in [-0.2, 0) is 9.53 Å². The number of halogens is 2. The molecule has 116 valence electrons. The van der Waals surface area contributed by atoms with E-state index in [4.69, 9.17) is 32.7 Å². The number of ether oxygens (including phenoxy) is 2. The van der Waals surface area contributed by atoms with Crippen LogP contribution in [0.5, 0.6) is 5.75 Å². The molecule has 6 heteroatoms. The minimum Gasteiger partial charge on any atom is -0.497 e. The highest BCUT2D eigenvalue weighted by molar-refractivity contribution is 6.42. The summed E-state index contributed by atoms with van der Waals surface area (Å²) in [7, 11) is 1.58. The molecule has 2 aromatic rings. The first kappa shape index (κ1) is 15.6. The third kappa shape index (κ3) is 3.38. The summed E-state index contributed by atoms with van der Waals surface area (Å²) in [5.41, 5.74) is 1.58. The zero-order chi connectivity index (χ0) is 16.4. The summed E-state index contributed by atoms with van der Waals surface area (Å²) in [6.45, 7) is 0. The van der Waals surface area contributed by atoms with Gasteiger partial charge in [-0.1, -0.05) is 35.3 Å². The molecule has 0 radical (unpaired) electrons. The second-order valence-corrected chi connectivity index (χ2v) is 5.56. The molecular formula is C17H11Cl2NO3. The Kier molecular flexibility index (Phi) is 4.37. The molecule has 0 aromatic heterocycles. The summed E-state index contributed by atoms with van der Waals surface area (Å²) in [5.74, 6) is 0.371. The Labute approximate surface area is 143 Å². The van der Waals surface area contributed by atoms with Crippen molar-refractivity contribution < 1.29 is 14.3 Å². The number of hydrogen-bond donors (Lipinski definition) is 0. The Morgan fingerprint density at radius 3 is 2.70 bits per heavy atom. The number of cyclic esters (lactones) is 1. The first-order valence-electron chi connectivity index (χ1n) is 6.69. The number of aliphatic imine (C=N–C) groups is 1. The van der Waals surface area contributed by atoms with Crippen LogP contribution in [0.3, 0.4) is 0 Å². The number of nitrogens with zero attached hydrogens (tertiary/aromatic N) is 1. The van der Waals surface area contributed by atoms with Crippen LogP contribution >= 0.6 is 23.2 Å². The van der Waals surface area contributed by atoms with Crippen molar-refractivity contribution in [3.63, 3.8) is 0 Å². The average molecular weight is 348 g/mol. The minimum atomic E-state index is -0.520. The number of carbonyl (C=O) groups excluding carboxylic acids is 1. The summed E-state index contributed by atoms with van der Waals surface area (Å²) in [6, 6.07) is 12.2. The number of hydrogen-bond acceptors (Lipinski definition) is 4. The highest BCUT2D eigenvalue weighted by Crippen LogP contribution is 2.26. The number of benzene rings is 2. The van der Waals surface area contributed by atoms with E-state index in [1.54, 1.807) is 37.5 Å². The summed E-state index contributed by atoms with van der Waals surface area (Å²) in [5, 5.41) is 0.792. The molecule has 23 heavy (non-hydrogen) atoms. The molecule has 0 atom stereocenters. The van der Waals surface area contributed by atoms with Crippen molar-refractivity contribution in [3.05, 3.63) is 69.3 Å². The lowest BCUT2D eigenvalue weighted by Gasteiger charge is -2.01. The quantitative estimate of drug-likeness (QED) is 0.612. The van der Waals surface area contributed by atoms with Gasteiger partial charge in [0.2, 0.25) is 5.90 Å². The van der Waals surface area contributed by atoms with Gasteiger partial charge in [0.1, 0.15) is 5.75 Å². The third-order valence-electron chi connectivity index (χ3n) is 3.18. The van der Waals surface area contributed by atoms with Crippen LogP contribution in [0.2, 0.25) is 10.0 Å². The number of esters is 1. The van der Waals surface area contributed by atoms with E-state index in [1.165, 1.54) is 0 Å². The fraction of sp³-hybridized carbons (Fsp3) is 0.0588. The summed E-state index contributed by atoms with van der Waals surface area (Å²) in [6.07, 6.45) is 1.63. The highest BCUT2D eigenvalue weighted by Gasteiger charge is 2.24. The predicted molar refractivity (Wildman–Crippen MR) is 90.1 cm³/mol. The monoisotopic (exact) mass is 347 g/mol. The van der Waals surface area contributed by atoms with Gasteiger partial charge in [0.05, 0.1) is 17.2 Å². The van der Waals surface area contributed by atoms with Crippen LogP contribution in [0.25, 0.3) is 6.08 Å². The van der Waals surface area contributed by atoms with Crippen molar-refractivity contribution in [2.75, 3.05) is 7.11 Å². The van der Waals surface area contributed by atoms with E-state index in [2.05, 4.69) is 4.99 Å². The SMILES string of the molecule is COc1cccc(/C=C2\N=C(c3ccc(Cl)c(Cl)c3)OC2=O)c1. The second-order valence-electron chi connectivity index (χ2n) is 4.74. The topological polar surface area (TPSA) is 47.9 Å². The van der Waals surface area contributed by atoms with Gasteiger partial charge in [-0.3, -0.25) is 0 Å². The second kappa shape index (κ2) is 6.44. The van der Waals surface area contributed by atoms with Gasteiger partial charge in [0, 0.05) is 5.56 Å². The largest absolute Gasteiger partial charge is 0.497 e. The number of carbonyl (C=O) groups is 1. The van der Waals surface area contributed by atoms with Gasteiger partial charge >= 0.3 is 5.97 Å². The first-order valence-corrected chi connectivity index (χ1v) is 7.44. The molecule has 3 rings (SSSR count). The molecule has 1 aliphatic rings. The van der Waals surface area contributed by atoms with Crippen LogP contribution in [0.4, 0.5) is 0 Å². The lowest BCUT2D eigenvalue weighted by Crippen LogP contribution is -2.05. The Morgan fingerprint density at radius 1 is 1.13 bits per heavy atom. The Balaban J connectivity index is 1.94. The molecule has 0 bridgehead atoms. The van der Waals surface area contributed by atoms with Crippen molar-refractivity contribution >= 4 is 41.1 Å². The normalized spacial score (nSPS) is 15.5. The van der Waals surface area contributed by atoms with Crippen LogP contribution in [-0.4, -0.2) is 19.0 Å². The van der Waals surface area contributed by atoms with E-state index >= 15 is 0 Å². The van der Waals surface area contributed by atoms with Gasteiger partial charge in [-0.2, -0.15) is 0 Å². The summed E-state index contributed by atoms with van der Waals surface area (Å²) < 4.78 is 10.3. The van der Waals surface area contributed by atoms with Crippen molar-refractivity contribution in [1.29, 1.82) is 0 Å². The van der Waals surface area contributed by atoms with E-state index < -0.39 is 5.97 Å². The average Bonchev–Trinajstić information content (AvgIpc) is 2.91. The molecule has 0 amide bonds. The van der Waals surface area contributed by atoms with Gasteiger partial charge in [-0.05, 0) is 42.0 Å². The van der Waals surface area contributed by atoms with Crippen molar-refractivity contribution in [2.45, 2.75) is 0 Å².